The predicted octanol–water partition coefficient (Wildman–Crippen LogP) is 5.59. The molecule has 1 heterocycles. The van der Waals surface area contributed by atoms with Crippen LogP contribution in [-0.2, 0) is 6.42 Å². The maximum atomic E-state index is 13.9. The Kier molecular flexibility index (Phi) is 6.02. The largest absolute Gasteiger partial charge is 0.309 e. The average molecular weight is 377 g/mol. The Hall–Kier alpha value is -0.420. The standard InChI is InChI=1S/C15H16BrClFNS/c1-2-6-19-14(15-12(17)5-7-20-15)9-10-8-11(16)3-4-13(10)18/h3-5,7-8,14,19H,2,6,9H2,1H3. The highest BCUT2D eigenvalue weighted by Crippen LogP contribution is 2.31. The van der Waals surface area contributed by atoms with Gasteiger partial charge in [0, 0.05) is 15.4 Å². The number of halogens is 3. The van der Waals surface area contributed by atoms with E-state index in [9.17, 15) is 4.39 Å². The molecule has 2 rings (SSSR count). The van der Waals surface area contributed by atoms with E-state index in [1.165, 1.54) is 6.07 Å². The second-order valence-corrected chi connectivity index (χ2v) is 6.85. The maximum absolute atomic E-state index is 13.9. The summed E-state index contributed by atoms with van der Waals surface area (Å²) in [6.07, 6.45) is 1.62. The Bertz CT molecular complexity index is 573. The lowest BCUT2D eigenvalue weighted by Gasteiger charge is -2.18. The molecule has 5 heteroatoms. The van der Waals surface area contributed by atoms with Gasteiger partial charge in [-0.05, 0) is 54.6 Å². The van der Waals surface area contributed by atoms with Crippen LogP contribution in [0.1, 0.15) is 29.8 Å². The lowest BCUT2D eigenvalue weighted by Crippen LogP contribution is -2.24. The van der Waals surface area contributed by atoms with Crippen molar-refractivity contribution in [1.82, 2.24) is 5.32 Å². The molecule has 0 spiro atoms. The monoisotopic (exact) mass is 375 g/mol. The molecule has 0 amide bonds. The van der Waals surface area contributed by atoms with Gasteiger partial charge >= 0.3 is 0 Å². The Morgan fingerprint density at radius 1 is 1.40 bits per heavy atom. The van der Waals surface area contributed by atoms with E-state index in [4.69, 9.17) is 11.6 Å². The van der Waals surface area contributed by atoms with E-state index in [1.54, 1.807) is 17.4 Å². The van der Waals surface area contributed by atoms with Crippen molar-refractivity contribution in [2.75, 3.05) is 6.54 Å². The molecule has 20 heavy (non-hydrogen) atoms. The summed E-state index contributed by atoms with van der Waals surface area (Å²) in [5.41, 5.74) is 0.692. The minimum absolute atomic E-state index is 0.0475. The third-order valence-electron chi connectivity index (χ3n) is 3.03. The van der Waals surface area contributed by atoms with Gasteiger partial charge in [-0.15, -0.1) is 11.3 Å². The molecule has 1 nitrogen and oxygen atoms in total. The van der Waals surface area contributed by atoms with Crippen LogP contribution >= 0.6 is 38.9 Å². The first-order chi connectivity index (χ1) is 9.61. The second-order valence-electron chi connectivity index (χ2n) is 4.58. The average Bonchev–Trinajstić information content (AvgIpc) is 2.84. The van der Waals surface area contributed by atoms with Gasteiger partial charge in [0.15, 0.2) is 0 Å². The first-order valence-electron chi connectivity index (χ1n) is 6.52. The third-order valence-corrected chi connectivity index (χ3v) is 5.00. The van der Waals surface area contributed by atoms with Gasteiger partial charge in [-0.1, -0.05) is 34.5 Å². The van der Waals surface area contributed by atoms with Crippen LogP contribution in [0.25, 0.3) is 0 Å². The van der Waals surface area contributed by atoms with Crippen LogP contribution in [0.3, 0.4) is 0 Å². The van der Waals surface area contributed by atoms with Crippen molar-refractivity contribution in [1.29, 1.82) is 0 Å². The van der Waals surface area contributed by atoms with Crippen molar-refractivity contribution in [3.63, 3.8) is 0 Å². The van der Waals surface area contributed by atoms with Crippen LogP contribution in [-0.4, -0.2) is 6.54 Å². The van der Waals surface area contributed by atoms with Gasteiger partial charge in [-0.3, -0.25) is 0 Å². The number of rotatable bonds is 6. The number of benzene rings is 1. The molecule has 2 aromatic rings. The van der Waals surface area contributed by atoms with E-state index in [1.807, 2.05) is 17.5 Å². The molecule has 0 fully saturated rings. The normalized spacial score (nSPS) is 12.6. The van der Waals surface area contributed by atoms with Crippen LogP contribution in [0.2, 0.25) is 5.02 Å². The Morgan fingerprint density at radius 2 is 2.20 bits per heavy atom. The van der Waals surface area contributed by atoms with Gasteiger partial charge in [0.1, 0.15) is 5.82 Å². The van der Waals surface area contributed by atoms with Gasteiger partial charge in [0.05, 0.1) is 5.02 Å². The van der Waals surface area contributed by atoms with E-state index in [-0.39, 0.29) is 11.9 Å². The quantitative estimate of drug-likeness (QED) is 0.693. The molecule has 1 unspecified atom stereocenters. The van der Waals surface area contributed by atoms with Gasteiger partial charge in [-0.2, -0.15) is 0 Å². The topological polar surface area (TPSA) is 12.0 Å². The minimum atomic E-state index is -0.177. The molecule has 1 aromatic heterocycles. The first-order valence-corrected chi connectivity index (χ1v) is 8.57. The molecule has 0 aliphatic rings. The SMILES string of the molecule is CCCNC(Cc1cc(Br)ccc1F)c1sccc1Cl. The van der Waals surface area contributed by atoms with Gasteiger partial charge in [0.25, 0.3) is 0 Å². The van der Waals surface area contributed by atoms with E-state index >= 15 is 0 Å². The Labute approximate surface area is 136 Å². The summed E-state index contributed by atoms with van der Waals surface area (Å²) < 4.78 is 14.8. The maximum Gasteiger partial charge on any atom is 0.126 e. The summed E-state index contributed by atoms with van der Waals surface area (Å²) in [5, 5.41) is 6.17. The fourth-order valence-electron chi connectivity index (χ4n) is 2.05. The lowest BCUT2D eigenvalue weighted by molar-refractivity contribution is 0.519. The highest BCUT2D eigenvalue weighted by molar-refractivity contribution is 9.10. The van der Waals surface area contributed by atoms with Gasteiger partial charge in [-0.25, -0.2) is 4.39 Å². The molecular formula is C15H16BrClFNS. The number of thiophene rings is 1. The van der Waals surface area contributed by atoms with E-state index in [0.29, 0.717) is 12.0 Å². The molecule has 0 bridgehead atoms. The number of hydrogen-bond acceptors (Lipinski definition) is 2. The molecular weight excluding hydrogens is 361 g/mol. The van der Waals surface area contributed by atoms with E-state index in [0.717, 1.165) is 27.3 Å². The highest BCUT2D eigenvalue weighted by Gasteiger charge is 2.18. The molecule has 1 atom stereocenters. The minimum Gasteiger partial charge on any atom is -0.309 e. The Balaban J connectivity index is 2.23. The van der Waals surface area contributed by atoms with E-state index < -0.39 is 0 Å². The molecule has 0 radical (unpaired) electrons. The summed E-state index contributed by atoms with van der Waals surface area (Å²) in [6.45, 7) is 2.99. The van der Waals surface area contributed by atoms with Crippen molar-refractivity contribution >= 4 is 38.9 Å². The molecule has 0 saturated carbocycles. The predicted molar refractivity (Wildman–Crippen MR) is 88.2 cm³/mol. The molecule has 1 aromatic carbocycles. The number of nitrogens with one attached hydrogen (secondary N) is 1. The molecule has 0 saturated heterocycles. The zero-order valence-electron chi connectivity index (χ0n) is 11.1. The van der Waals surface area contributed by atoms with Crippen molar-refractivity contribution < 1.29 is 4.39 Å². The summed E-state index contributed by atoms with van der Waals surface area (Å²) >= 11 is 11.2. The summed E-state index contributed by atoms with van der Waals surface area (Å²) in [5.74, 6) is -0.177. The third kappa shape index (κ3) is 4.04. The summed E-state index contributed by atoms with van der Waals surface area (Å²) in [4.78, 5) is 1.07. The summed E-state index contributed by atoms with van der Waals surface area (Å²) in [6, 6.07) is 6.97. The fraction of sp³-hybridized carbons (Fsp3) is 0.333. The van der Waals surface area contributed by atoms with Crippen molar-refractivity contribution in [2.24, 2.45) is 0 Å². The van der Waals surface area contributed by atoms with Crippen molar-refractivity contribution in [3.8, 4) is 0 Å². The van der Waals surface area contributed by atoms with E-state index in [2.05, 4.69) is 28.2 Å². The zero-order valence-corrected chi connectivity index (χ0v) is 14.3. The van der Waals surface area contributed by atoms with Crippen molar-refractivity contribution in [3.05, 3.63) is 55.4 Å². The molecule has 0 aliphatic heterocycles. The lowest BCUT2D eigenvalue weighted by atomic mass is 10.0. The fourth-order valence-corrected chi connectivity index (χ4v) is 3.72. The molecule has 0 aliphatic carbocycles. The Morgan fingerprint density at radius 3 is 2.85 bits per heavy atom. The van der Waals surface area contributed by atoms with Crippen LogP contribution in [0.15, 0.2) is 34.1 Å². The smallest absolute Gasteiger partial charge is 0.126 e. The number of hydrogen-bond donors (Lipinski definition) is 1. The molecule has 1 N–H and O–H groups in total. The van der Waals surface area contributed by atoms with Crippen LogP contribution in [0, 0.1) is 5.82 Å². The highest BCUT2D eigenvalue weighted by atomic mass is 79.9. The van der Waals surface area contributed by atoms with Crippen LogP contribution in [0.4, 0.5) is 4.39 Å². The first kappa shape index (κ1) is 16.0. The molecule has 108 valence electrons. The van der Waals surface area contributed by atoms with Gasteiger partial charge < -0.3 is 5.32 Å². The summed E-state index contributed by atoms with van der Waals surface area (Å²) in [7, 11) is 0. The van der Waals surface area contributed by atoms with Crippen molar-refractivity contribution in [2.45, 2.75) is 25.8 Å². The van der Waals surface area contributed by atoms with Crippen LogP contribution < -0.4 is 5.32 Å². The zero-order chi connectivity index (χ0) is 14.5. The van der Waals surface area contributed by atoms with Gasteiger partial charge in [0.2, 0.25) is 0 Å². The second kappa shape index (κ2) is 7.55. The van der Waals surface area contributed by atoms with Crippen LogP contribution in [0.5, 0.6) is 0 Å².